The van der Waals surface area contributed by atoms with Gasteiger partial charge in [-0.2, -0.15) is 0 Å². The summed E-state index contributed by atoms with van der Waals surface area (Å²) in [6.07, 6.45) is 4.44. The molecule has 2 heterocycles. The maximum absolute atomic E-state index is 12.9. The van der Waals surface area contributed by atoms with Gasteiger partial charge >= 0.3 is 0 Å². The summed E-state index contributed by atoms with van der Waals surface area (Å²) in [7, 11) is 0. The fourth-order valence-electron chi connectivity index (χ4n) is 2.81. The van der Waals surface area contributed by atoms with Gasteiger partial charge < -0.3 is 10.2 Å². The van der Waals surface area contributed by atoms with Gasteiger partial charge in [0.05, 0.1) is 18.8 Å². The monoisotopic (exact) mass is 303 g/mol. The predicted molar refractivity (Wildman–Crippen MR) is 79.1 cm³/mol. The van der Waals surface area contributed by atoms with Gasteiger partial charge in [0.15, 0.2) is 5.76 Å². The second kappa shape index (κ2) is 6.27. The van der Waals surface area contributed by atoms with Crippen molar-refractivity contribution in [2.45, 2.75) is 31.8 Å². The number of aromatic nitrogens is 1. The maximum atomic E-state index is 12.9. The van der Waals surface area contributed by atoms with E-state index < -0.39 is 0 Å². The number of hydrogen-bond donors (Lipinski definition) is 1. The van der Waals surface area contributed by atoms with E-state index in [4.69, 9.17) is 10.2 Å². The van der Waals surface area contributed by atoms with Crippen LogP contribution >= 0.6 is 0 Å². The van der Waals surface area contributed by atoms with E-state index in [0.29, 0.717) is 18.2 Å². The lowest BCUT2D eigenvalue weighted by Crippen LogP contribution is -2.47. The van der Waals surface area contributed by atoms with Crippen LogP contribution in [-0.2, 0) is 11.3 Å². The van der Waals surface area contributed by atoms with Crippen LogP contribution in [0.15, 0.2) is 34.9 Å². The standard InChI is InChI=1S/C16H18FN3O2/c17-12-6-4-11(5-7-12)14-9-19-15(22-14)10-20-8-2-1-3-13(20)16(18)21/h4-7,9,13H,1-3,8,10H2,(H2,18,21)/t13-/m0/s1. The number of likely N-dealkylation sites (tertiary alicyclic amines) is 1. The van der Waals surface area contributed by atoms with Crippen LogP contribution in [0.3, 0.4) is 0 Å². The third-order valence-corrected chi connectivity index (χ3v) is 3.96. The van der Waals surface area contributed by atoms with Crippen LogP contribution < -0.4 is 5.73 Å². The minimum absolute atomic E-state index is 0.255. The summed E-state index contributed by atoms with van der Waals surface area (Å²) in [5.41, 5.74) is 6.22. The predicted octanol–water partition coefficient (Wildman–Crippen LogP) is 2.32. The van der Waals surface area contributed by atoms with Crippen molar-refractivity contribution in [1.82, 2.24) is 9.88 Å². The number of hydrogen-bond acceptors (Lipinski definition) is 4. The van der Waals surface area contributed by atoms with E-state index in [1.807, 2.05) is 4.90 Å². The van der Waals surface area contributed by atoms with Gasteiger partial charge in [0.1, 0.15) is 5.82 Å². The van der Waals surface area contributed by atoms with Crippen molar-refractivity contribution in [2.75, 3.05) is 6.54 Å². The molecule has 116 valence electrons. The van der Waals surface area contributed by atoms with Gasteiger partial charge in [0, 0.05) is 5.56 Å². The first-order valence-corrected chi connectivity index (χ1v) is 7.37. The Morgan fingerprint density at radius 2 is 2.14 bits per heavy atom. The molecule has 2 aromatic rings. The van der Waals surface area contributed by atoms with Gasteiger partial charge in [-0.1, -0.05) is 6.42 Å². The van der Waals surface area contributed by atoms with Crippen molar-refractivity contribution in [3.05, 3.63) is 42.2 Å². The second-order valence-corrected chi connectivity index (χ2v) is 5.51. The van der Waals surface area contributed by atoms with Crippen LogP contribution in [0.25, 0.3) is 11.3 Å². The Balaban J connectivity index is 1.73. The van der Waals surface area contributed by atoms with E-state index in [1.165, 1.54) is 12.1 Å². The quantitative estimate of drug-likeness (QED) is 0.941. The molecule has 1 fully saturated rings. The highest BCUT2D eigenvalue weighted by atomic mass is 19.1. The van der Waals surface area contributed by atoms with Crippen molar-refractivity contribution in [2.24, 2.45) is 5.73 Å². The van der Waals surface area contributed by atoms with Crippen molar-refractivity contribution in [1.29, 1.82) is 0 Å². The van der Waals surface area contributed by atoms with Gasteiger partial charge in [-0.3, -0.25) is 9.69 Å². The zero-order valence-corrected chi connectivity index (χ0v) is 12.2. The number of rotatable bonds is 4. The molecule has 0 saturated carbocycles. The Labute approximate surface area is 127 Å². The molecule has 0 bridgehead atoms. The Kier molecular flexibility index (Phi) is 4.20. The molecule has 1 aliphatic rings. The fraction of sp³-hybridized carbons (Fsp3) is 0.375. The smallest absolute Gasteiger partial charge is 0.234 e. The number of nitrogens with zero attached hydrogens (tertiary/aromatic N) is 2. The number of piperidine rings is 1. The lowest BCUT2D eigenvalue weighted by Gasteiger charge is -2.32. The van der Waals surface area contributed by atoms with E-state index >= 15 is 0 Å². The summed E-state index contributed by atoms with van der Waals surface area (Å²) in [6, 6.07) is 5.80. The summed E-state index contributed by atoms with van der Waals surface area (Å²) in [5.74, 6) is 0.529. The molecule has 3 rings (SSSR count). The molecule has 1 aromatic heterocycles. The zero-order valence-electron chi connectivity index (χ0n) is 12.2. The average molecular weight is 303 g/mol. The lowest BCUT2D eigenvalue weighted by molar-refractivity contribution is -0.124. The number of carbonyl (C=O) groups excluding carboxylic acids is 1. The van der Waals surface area contributed by atoms with Crippen molar-refractivity contribution in [3.63, 3.8) is 0 Å². The molecule has 1 aliphatic heterocycles. The number of carbonyl (C=O) groups is 1. The molecule has 22 heavy (non-hydrogen) atoms. The number of benzene rings is 1. The molecule has 2 N–H and O–H groups in total. The third kappa shape index (κ3) is 3.17. The third-order valence-electron chi connectivity index (χ3n) is 3.96. The Bertz CT molecular complexity index is 654. The topological polar surface area (TPSA) is 72.4 Å². The first-order valence-electron chi connectivity index (χ1n) is 7.37. The van der Waals surface area contributed by atoms with Crippen LogP contribution in [0.5, 0.6) is 0 Å². The van der Waals surface area contributed by atoms with Gasteiger partial charge in [-0.05, 0) is 43.7 Å². The molecule has 1 atom stereocenters. The molecule has 0 radical (unpaired) electrons. The molecule has 1 amide bonds. The van der Waals surface area contributed by atoms with Gasteiger partial charge in [0.25, 0.3) is 0 Å². The molecular weight excluding hydrogens is 285 g/mol. The molecule has 1 saturated heterocycles. The van der Waals surface area contributed by atoms with E-state index in [9.17, 15) is 9.18 Å². The highest BCUT2D eigenvalue weighted by molar-refractivity contribution is 5.79. The van der Waals surface area contributed by atoms with E-state index in [2.05, 4.69) is 4.98 Å². The van der Waals surface area contributed by atoms with Crippen LogP contribution in [0.4, 0.5) is 4.39 Å². The van der Waals surface area contributed by atoms with Crippen LogP contribution in [0, 0.1) is 5.82 Å². The largest absolute Gasteiger partial charge is 0.439 e. The maximum Gasteiger partial charge on any atom is 0.234 e. The number of amides is 1. The van der Waals surface area contributed by atoms with Crippen LogP contribution in [-0.4, -0.2) is 28.4 Å². The normalized spacial score (nSPS) is 19.2. The summed E-state index contributed by atoms with van der Waals surface area (Å²) in [5, 5.41) is 0. The molecule has 6 heteroatoms. The number of halogens is 1. The highest BCUT2D eigenvalue weighted by Crippen LogP contribution is 2.23. The Morgan fingerprint density at radius 3 is 2.86 bits per heavy atom. The van der Waals surface area contributed by atoms with Gasteiger partial charge in [0.2, 0.25) is 11.8 Å². The Morgan fingerprint density at radius 1 is 1.36 bits per heavy atom. The number of oxazole rings is 1. The molecule has 0 spiro atoms. The summed E-state index contributed by atoms with van der Waals surface area (Å²) >= 11 is 0. The molecule has 1 aromatic carbocycles. The second-order valence-electron chi connectivity index (χ2n) is 5.51. The summed E-state index contributed by atoms with van der Waals surface area (Å²) < 4.78 is 18.7. The number of nitrogens with two attached hydrogens (primary N) is 1. The van der Waals surface area contributed by atoms with E-state index in [-0.39, 0.29) is 17.8 Å². The van der Waals surface area contributed by atoms with Crippen molar-refractivity contribution in [3.8, 4) is 11.3 Å². The fourth-order valence-corrected chi connectivity index (χ4v) is 2.81. The van der Waals surface area contributed by atoms with Crippen molar-refractivity contribution < 1.29 is 13.6 Å². The molecule has 0 aliphatic carbocycles. The van der Waals surface area contributed by atoms with E-state index in [0.717, 1.165) is 31.4 Å². The molecular formula is C16H18FN3O2. The van der Waals surface area contributed by atoms with Gasteiger partial charge in [-0.25, -0.2) is 9.37 Å². The molecule has 5 nitrogen and oxygen atoms in total. The molecule has 0 unspecified atom stereocenters. The minimum Gasteiger partial charge on any atom is -0.439 e. The zero-order chi connectivity index (χ0) is 15.5. The first-order chi connectivity index (χ1) is 10.6. The van der Waals surface area contributed by atoms with Crippen LogP contribution in [0.2, 0.25) is 0 Å². The lowest BCUT2D eigenvalue weighted by atomic mass is 10.0. The van der Waals surface area contributed by atoms with Crippen molar-refractivity contribution >= 4 is 5.91 Å². The Hall–Kier alpha value is -2.21. The summed E-state index contributed by atoms with van der Waals surface area (Å²) in [6.45, 7) is 1.26. The highest BCUT2D eigenvalue weighted by Gasteiger charge is 2.27. The SMILES string of the molecule is NC(=O)[C@@H]1CCCCN1Cc1ncc(-c2ccc(F)cc2)o1. The van der Waals surface area contributed by atoms with E-state index in [1.54, 1.807) is 18.3 Å². The van der Waals surface area contributed by atoms with Gasteiger partial charge in [-0.15, -0.1) is 0 Å². The minimum atomic E-state index is -0.301. The number of primary amides is 1. The first kappa shape index (κ1) is 14.7. The average Bonchev–Trinajstić information content (AvgIpc) is 2.97. The summed E-state index contributed by atoms with van der Waals surface area (Å²) in [4.78, 5) is 17.8. The van der Waals surface area contributed by atoms with Crippen LogP contribution in [0.1, 0.15) is 25.2 Å².